The van der Waals surface area contributed by atoms with E-state index in [4.69, 9.17) is 29.4 Å². The molecule has 0 bridgehead atoms. The molecule has 282 valence electrons. The molecular formula is C39H62N2O9. The number of nitrogens with zero attached hydrogens (tertiary/aromatic N) is 1. The molecule has 4 N–H and O–H groups in total. The lowest BCUT2D eigenvalue weighted by Crippen LogP contribution is -2.32. The molecule has 0 radical (unpaired) electrons. The molecule has 11 heteroatoms. The van der Waals surface area contributed by atoms with Crippen LogP contribution in [0.25, 0.3) is 0 Å². The van der Waals surface area contributed by atoms with Gasteiger partial charge >= 0.3 is 0 Å². The molecule has 0 aliphatic rings. The minimum Gasteiger partial charge on any atom is -0.382 e. The Morgan fingerprint density at radius 3 is 1.36 bits per heavy atom. The first kappa shape index (κ1) is 43.6. The van der Waals surface area contributed by atoms with Crippen LogP contribution >= 0.6 is 0 Å². The first-order chi connectivity index (χ1) is 23.3. The van der Waals surface area contributed by atoms with Crippen molar-refractivity contribution < 1.29 is 43.5 Å². The summed E-state index contributed by atoms with van der Waals surface area (Å²) in [5.74, 6) is -0.718. The van der Waals surface area contributed by atoms with Crippen molar-refractivity contribution in [3.8, 4) is 0 Å². The van der Waals surface area contributed by atoms with Gasteiger partial charge in [-0.1, -0.05) is 48.5 Å². The highest BCUT2D eigenvalue weighted by Gasteiger charge is 2.28. The first-order valence-corrected chi connectivity index (χ1v) is 17.5. The van der Waals surface area contributed by atoms with Crippen LogP contribution in [-0.2, 0) is 23.7 Å². The van der Waals surface area contributed by atoms with E-state index in [-0.39, 0.29) is 48.1 Å². The fourth-order valence-electron chi connectivity index (χ4n) is 5.08. The molecule has 0 amide bonds. The summed E-state index contributed by atoms with van der Waals surface area (Å²) in [7, 11) is 1.99. The molecule has 0 aliphatic heterocycles. The number of ketones is 2. The van der Waals surface area contributed by atoms with Gasteiger partial charge in [0.1, 0.15) is 11.2 Å². The molecule has 11 nitrogen and oxygen atoms in total. The lowest BCUT2D eigenvalue weighted by atomic mass is 9.91. The smallest absolute Gasteiger partial charge is 0.193 e. The number of likely N-dealkylation sites (N-methyl/N-ethyl adjacent to an activating group) is 1. The summed E-state index contributed by atoms with van der Waals surface area (Å²) in [5, 5.41) is 20.4. The molecule has 0 heterocycles. The van der Waals surface area contributed by atoms with E-state index in [1.807, 2.05) is 65.9 Å². The molecule has 50 heavy (non-hydrogen) atoms. The predicted molar refractivity (Wildman–Crippen MR) is 195 cm³/mol. The molecule has 5 atom stereocenters. The van der Waals surface area contributed by atoms with Gasteiger partial charge in [-0.25, -0.2) is 0 Å². The highest BCUT2D eigenvalue weighted by Crippen LogP contribution is 2.29. The zero-order valence-corrected chi connectivity index (χ0v) is 31.8. The number of Topliss-reactive ketones (excluding diaryl/α,β-unsaturated/α-hetero) is 2. The van der Waals surface area contributed by atoms with Crippen LogP contribution in [0.4, 0.5) is 0 Å². The van der Waals surface area contributed by atoms with Gasteiger partial charge in [0.15, 0.2) is 11.6 Å². The Bertz CT molecular complexity index is 1220. The zero-order valence-electron chi connectivity index (χ0n) is 31.8. The third-order valence-corrected chi connectivity index (χ3v) is 7.96. The van der Waals surface area contributed by atoms with Crippen LogP contribution in [0.1, 0.15) is 100 Å². The van der Waals surface area contributed by atoms with E-state index < -0.39 is 11.2 Å². The van der Waals surface area contributed by atoms with Gasteiger partial charge in [0, 0.05) is 23.7 Å². The van der Waals surface area contributed by atoms with Crippen LogP contribution < -0.4 is 5.73 Å². The summed E-state index contributed by atoms with van der Waals surface area (Å²) in [4.78, 5) is 27.4. The van der Waals surface area contributed by atoms with Crippen molar-refractivity contribution in [2.45, 2.75) is 110 Å². The highest BCUT2D eigenvalue weighted by atomic mass is 16.6. The van der Waals surface area contributed by atoms with Gasteiger partial charge in [0.05, 0.1) is 70.1 Å². The third-order valence-electron chi connectivity index (χ3n) is 7.96. The van der Waals surface area contributed by atoms with Crippen molar-refractivity contribution in [3.63, 3.8) is 0 Å². The fraction of sp³-hybridized carbons (Fsp3) is 0.641. The Hall–Kier alpha value is -2.58. The van der Waals surface area contributed by atoms with Crippen molar-refractivity contribution in [2.75, 3.05) is 53.2 Å². The molecule has 0 aliphatic carbocycles. The quantitative estimate of drug-likeness (QED) is 0.132. The Labute approximate surface area is 299 Å². The second-order valence-corrected chi connectivity index (χ2v) is 14.5. The molecule has 5 unspecified atom stereocenters. The molecular weight excluding hydrogens is 640 g/mol. The maximum Gasteiger partial charge on any atom is 0.193 e. The van der Waals surface area contributed by atoms with Gasteiger partial charge in [0.2, 0.25) is 0 Å². The lowest BCUT2D eigenvalue weighted by molar-refractivity contribution is -0.0929. The van der Waals surface area contributed by atoms with Crippen LogP contribution in [0.3, 0.4) is 0 Å². The van der Waals surface area contributed by atoms with Crippen LogP contribution in [0, 0.1) is 0 Å². The van der Waals surface area contributed by atoms with Crippen LogP contribution in [0.15, 0.2) is 48.5 Å². The molecule has 0 saturated heterocycles. The van der Waals surface area contributed by atoms with Gasteiger partial charge in [-0.15, -0.1) is 0 Å². The molecule has 0 aromatic heterocycles. The van der Waals surface area contributed by atoms with Crippen molar-refractivity contribution in [2.24, 2.45) is 5.73 Å². The molecule has 0 fully saturated rings. The summed E-state index contributed by atoms with van der Waals surface area (Å²) in [6, 6.07) is 14.2. The van der Waals surface area contributed by atoms with Gasteiger partial charge in [-0.3, -0.25) is 14.5 Å². The highest BCUT2D eigenvalue weighted by molar-refractivity contribution is 6.02. The minimum atomic E-state index is -1.48. The van der Waals surface area contributed by atoms with Crippen molar-refractivity contribution in [3.05, 3.63) is 70.8 Å². The van der Waals surface area contributed by atoms with E-state index in [0.717, 1.165) is 11.1 Å². The molecule has 0 spiro atoms. The average Bonchev–Trinajstić information content (AvgIpc) is 3.04. The normalized spacial score (nSPS) is 15.6. The Morgan fingerprint density at radius 1 is 0.640 bits per heavy atom. The standard InChI is InChI=1S/C39H62N2O9/c1-26(40)21-46-22-27(2)48-24-29(4)50-25-30(5)49-23-28(3)47-20-19-41(10)35(31-11-15-33(16-12-31)36(42)38(6,7)44)32-13-17-34(18-14-32)37(43)39(8,9)45/h11-18,26-30,35,44-45H,19-25,40H2,1-10H3. The lowest BCUT2D eigenvalue weighted by Gasteiger charge is -2.30. The van der Waals surface area contributed by atoms with E-state index in [9.17, 15) is 19.8 Å². The third kappa shape index (κ3) is 15.3. The van der Waals surface area contributed by atoms with E-state index in [1.165, 1.54) is 27.7 Å². The molecule has 2 aromatic rings. The van der Waals surface area contributed by atoms with Crippen LogP contribution in [-0.4, -0.2) is 122 Å². The van der Waals surface area contributed by atoms with E-state index >= 15 is 0 Å². The summed E-state index contributed by atoms with van der Waals surface area (Å²) in [6.45, 7) is 18.9. The fourth-order valence-corrected chi connectivity index (χ4v) is 5.08. The number of hydrogen-bond acceptors (Lipinski definition) is 11. The largest absolute Gasteiger partial charge is 0.382 e. The number of carbonyl (C=O) groups excluding carboxylic acids is 2. The number of benzene rings is 2. The van der Waals surface area contributed by atoms with E-state index in [2.05, 4.69) is 4.90 Å². The van der Waals surface area contributed by atoms with E-state index in [0.29, 0.717) is 57.3 Å². The Balaban J connectivity index is 1.94. The van der Waals surface area contributed by atoms with E-state index in [1.54, 1.807) is 24.3 Å². The van der Waals surface area contributed by atoms with Crippen molar-refractivity contribution in [1.29, 1.82) is 0 Å². The Kier molecular flexibility index (Phi) is 17.8. The molecule has 0 saturated carbocycles. The maximum absolute atomic E-state index is 12.6. The van der Waals surface area contributed by atoms with Gasteiger partial charge in [-0.2, -0.15) is 0 Å². The predicted octanol–water partition coefficient (Wildman–Crippen LogP) is 4.60. The second kappa shape index (κ2) is 20.5. The molecule has 2 aromatic carbocycles. The van der Waals surface area contributed by atoms with Gasteiger partial charge in [0.25, 0.3) is 0 Å². The first-order valence-electron chi connectivity index (χ1n) is 17.5. The number of carbonyl (C=O) groups is 2. The maximum atomic E-state index is 12.6. The summed E-state index contributed by atoms with van der Waals surface area (Å²) >= 11 is 0. The number of rotatable bonds is 24. The minimum absolute atomic E-state index is 0.00122. The van der Waals surface area contributed by atoms with Gasteiger partial charge < -0.3 is 39.6 Å². The number of hydrogen-bond donors (Lipinski definition) is 3. The topological polar surface area (TPSA) is 150 Å². The average molecular weight is 703 g/mol. The summed E-state index contributed by atoms with van der Waals surface area (Å²) < 4.78 is 29.3. The summed E-state index contributed by atoms with van der Waals surface area (Å²) in [6.07, 6.45) is -0.418. The second-order valence-electron chi connectivity index (χ2n) is 14.5. The molecule has 2 rings (SSSR count). The number of nitrogens with two attached hydrogens (primary N) is 1. The van der Waals surface area contributed by atoms with Crippen molar-refractivity contribution >= 4 is 11.6 Å². The zero-order chi connectivity index (χ0) is 37.6. The van der Waals surface area contributed by atoms with Crippen LogP contribution in [0.2, 0.25) is 0 Å². The SMILES string of the molecule is CC(N)COCC(C)OCC(C)OCC(C)OCC(C)OCCN(C)C(c1ccc(C(=O)C(C)(C)O)cc1)c1ccc(C(=O)C(C)(C)O)cc1. The van der Waals surface area contributed by atoms with Crippen molar-refractivity contribution in [1.82, 2.24) is 4.90 Å². The monoisotopic (exact) mass is 702 g/mol. The Morgan fingerprint density at radius 2 is 1.00 bits per heavy atom. The van der Waals surface area contributed by atoms with Gasteiger partial charge in [-0.05, 0) is 80.5 Å². The summed E-state index contributed by atoms with van der Waals surface area (Å²) in [5.41, 5.74) is 5.44. The number of ether oxygens (including phenoxy) is 5. The number of aliphatic hydroxyl groups is 2. The van der Waals surface area contributed by atoms with Crippen LogP contribution in [0.5, 0.6) is 0 Å².